The van der Waals surface area contributed by atoms with Crippen LogP contribution in [-0.4, -0.2) is 23.2 Å². The molecule has 0 amide bonds. The van der Waals surface area contributed by atoms with Gasteiger partial charge in [-0.25, -0.2) is 9.78 Å². The molecule has 20 heavy (non-hydrogen) atoms. The number of methoxy groups -OCH3 is 1. The zero-order chi connectivity index (χ0) is 14.7. The second-order valence-corrected chi connectivity index (χ2v) is 4.86. The number of carboxylic acid groups (broad SMARTS) is 1. The van der Waals surface area contributed by atoms with Gasteiger partial charge in [0.15, 0.2) is 0 Å². The number of benzene rings is 1. The molecule has 2 aromatic rings. The maximum atomic E-state index is 11.2. The number of aromatic carboxylic acids is 1. The second kappa shape index (κ2) is 5.92. The predicted octanol–water partition coefficient (Wildman–Crippen LogP) is 3.65. The predicted molar refractivity (Wildman–Crippen MR) is 76.7 cm³/mol. The van der Waals surface area contributed by atoms with Crippen LogP contribution in [0.5, 0.6) is 17.4 Å². The number of aryl methyl sites for hydroxylation is 1. The summed E-state index contributed by atoms with van der Waals surface area (Å²) < 4.78 is 11.3. The number of nitrogens with zero attached hydrogens (tertiary/aromatic N) is 1. The smallest absolute Gasteiger partial charge is 0.341 e. The SMILES string of the molecule is COc1ccc(Oc2nc(C)ccc2C(=O)O)c(Br)c1. The van der Waals surface area contributed by atoms with Crippen molar-refractivity contribution in [2.45, 2.75) is 6.92 Å². The monoisotopic (exact) mass is 337 g/mol. The molecule has 0 atom stereocenters. The molecule has 0 aliphatic heterocycles. The largest absolute Gasteiger partial charge is 0.497 e. The summed E-state index contributed by atoms with van der Waals surface area (Å²) in [7, 11) is 1.56. The summed E-state index contributed by atoms with van der Waals surface area (Å²) >= 11 is 3.35. The Hall–Kier alpha value is -2.08. The van der Waals surface area contributed by atoms with Crippen molar-refractivity contribution in [3.8, 4) is 17.4 Å². The summed E-state index contributed by atoms with van der Waals surface area (Å²) in [5.74, 6) is 0.104. The minimum Gasteiger partial charge on any atom is -0.497 e. The molecule has 0 radical (unpaired) electrons. The van der Waals surface area contributed by atoms with Crippen molar-refractivity contribution in [3.05, 3.63) is 46.1 Å². The Kier molecular flexibility index (Phi) is 4.24. The molecular weight excluding hydrogens is 326 g/mol. The molecule has 0 saturated heterocycles. The summed E-state index contributed by atoms with van der Waals surface area (Å²) in [6, 6.07) is 8.22. The van der Waals surface area contributed by atoms with Gasteiger partial charge in [0.2, 0.25) is 5.88 Å². The molecule has 0 spiro atoms. The van der Waals surface area contributed by atoms with E-state index in [9.17, 15) is 4.79 Å². The van der Waals surface area contributed by atoms with Crippen molar-refractivity contribution in [1.82, 2.24) is 4.98 Å². The number of aromatic nitrogens is 1. The van der Waals surface area contributed by atoms with Gasteiger partial charge in [0.05, 0.1) is 11.6 Å². The number of carbonyl (C=O) groups is 1. The first-order valence-corrected chi connectivity index (χ1v) is 6.53. The van der Waals surface area contributed by atoms with Crippen LogP contribution < -0.4 is 9.47 Å². The van der Waals surface area contributed by atoms with Gasteiger partial charge in [-0.1, -0.05) is 0 Å². The van der Waals surface area contributed by atoms with E-state index in [1.165, 1.54) is 6.07 Å². The van der Waals surface area contributed by atoms with E-state index in [2.05, 4.69) is 20.9 Å². The first-order chi connectivity index (χ1) is 9.51. The van der Waals surface area contributed by atoms with E-state index in [1.54, 1.807) is 38.3 Å². The van der Waals surface area contributed by atoms with Crippen molar-refractivity contribution in [2.75, 3.05) is 7.11 Å². The molecule has 6 heteroatoms. The van der Waals surface area contributed by atoms with Crippen LogP contribution in [-0.2, 0) is 0 Å². The van der Waals surface area contributed by atoms with Gasteiger partial charge in [0, 0.05) is 5.69 Å². The van der Waals surface area contributed by atoms with Gasteiger partial charge in [0.1, 0.15) is 17.1 Å². The van der Waals surface area contributed by atoms with Crippen LogP contribution in [0.3, 0.4) is 0 Å². The Balaban J connectivity index is 2.39. The first-order valence-electron chi connectivity index (χ1n) is 5.73. The Morgan fingerprint density at radius 3 is 2.65 bits per heavy atom. The maximum absolute atomic E-state index is 11.2. The molecule has 1 aromatic heterocycles. The molecule has 0 fully saturated rings. The Bertz CT molecular complexity index is 658. The van der Waals surface area contributed by atoms with E-state index in [4.69, 9.17) is 14.6 Å². The van der Waals surface area contributed by atoms with Gasteiger partial charge >= 0.3 is 5.97 Å². The fourth-order valence-electron chi connectivity index (χ4n) is 1.57. The lowest BCUT2D eigenvalue weighted by Crippen LogP contribution is -2.03. The Morgan fingerprint density at radius 2 is 2.05 bits per heavy atom. The number of pyridine rings is 1. The third-order valence-electron chi connectivity index (χ3n) is 2.58. The van der Waals surface area contributed by atoms with Gasteiger partial charge in [-0.2, -0.15) is 0 Å². The molecule has 0 aliphatic rings. The topological polar surface area (TPSA) is 68.7 Å². The number of ether oxygens (including phenoxy) is 2. The number of hydrogen-bond donors (Lipinski definition) is 1. The van der Waals surface area contributed by atoms with Gasteiger partial charge in [-0.05, 0) is 53.2 Å². The van der Waals surface area contributed by atoms with Crippen LogP contribution in [0.4, 0.5) is 0 Å². The number of halogens is 1. The number of carboxylic acids is 1. The lowest BCUT2D eigenvalue weighted by molar-refractivity contribution is 0.0693. The third kappa shape index (κ3) is 3.08. The van der Waals surface area contributed by atoms with Gasteiger partial charge in [-0.3, -0.25) is 0 Å². The highest BCUT2D eigenvalue weighted by atomic mass is 79.9. The summed E-state index contributed by atoms with van der Waals surface area (Å²) in [5, 5.41) is 9.13. The number of rotatable bonds is 4. The van der Waals surface area contributed by atoms with E-state index >= 15 is 0 Å². The normalized spacial score (nSPS) is 10.2. The fraction of sp³-hybridized carbons (Fsp3) is 0.143. The molecule has 1 heterocycles. The lowest BCUT2D eigenvalue weighted by atomic mass is 10.2. The van der Waals surface area contributed by atoms with Gasteiger partial charge in [0.25, 0.3) is 0 Å². The van der Waals surface area contributed by atoms with Crippen molar-refractivity contribution < 1.29 is 19.4 Å². The molecule has 2 rings (SSSR count). The summed E-state index contributed by atoms with van der Waals surface area (Å²) in [4.78, 5) is 15.3. The maximum Gasteiger partial charge on any atom is 0.341 e. The van der Waals surface area contributed by atoms with E-state index in [-0.39, 0.29) is 11.4 Å². The van der Waals surface area contributed by atoms with Crippen LogP contribution in [0.15, 0.2) is 34.8 Å². The Morgan fingerprint density at radius 1 is 1.30 bits per heavy atom. The van der Waals surface area contributed by atoms with E-state index in [0.29, 0.717) is 21.7 Å². The molecule has 1 aromatic carbocycles. The van der Waals surface area contributed by atoms with Crippen molar-refractivity contribution >= 4 is 21.9 Å². The van der Waals surface area contributed by atoms with Crippen LogP contribution >= 0.6 is 15.9 Å². The van der Waals surface area contributed by atoms with Crippen molar-refractivity contribution in [2.24, 2.45) is 0 Å². The standard InChI is InChI=1S/C14H12BrNO4/c1-8-3-5-10(14(17)18)13(16-8)20-12-6-4-9(19-2)7-11(12)15/h3-7H,1-2H3,(H,17,18). The average molecular weight is 338 g/mol. The first kappa shape index (κ1) is 14.3. The zero-order valence-electron chi connectivity index (χ0n) is 10.9. The van der Waals surface area contributed by atoms with Gasteiger partial charge in [-0.15, -0.1) is 0 Å². The second-order valence-electron chi connectivity index (χ2n) is 4.01. The number of hydrogen-bond acceptors (Lipinski definition) is 4. The Labute approximate surface area is 124 Å². The molecule has 104 valence electrons. The molecule has 0 bridgehead atoms. The molecule has 5 nitrogen and oxygen atoms in total. The highest BCUT2D eigenvalue weighted by Crippen LogP contribution is 2.33. The van der Waals surface area contributed by atoms with Crippen molar-refractivity contribution in [3.63, 3.8) is 0 Å². The van der Waals surface area contributed by atoms with Crippen molar-refractivity contribution in [1.29, 1.82) is 0 Å². The fourth-order valence-corrected chi connectivity index (χ4v) is 2.01. The highest BCUT2D eigenvalue weighted by molar-refractivity contribution is 9.10. The quantitative estimate of drug-likeness (QED) is 0.922. The molecule has 0 unspecified atom stereocenters. The summed E-state index contributed by atoms with van der Waals surface area (Å²) in [6.07, 6.45) is 0. The highest BCUT2D eigenvalue weighted by Gasteiger charge is 2.15. The van der Waals surface area contributed by atoms with Gasteiger partial charge < -0.3 is 14.6 Å². The minimum absolute atomic E-state index is 0.0123. The molecule has 1 N–H and O–H groups in total. The van der Waals surface area contributed by atoms with Crippen LogP contribution in [0.2, 0.25) is 0 Å². The zero-order valence-corrected chi connectivity index (χ0v) is 12.5. The lowest BCUT2D eigenvalue weighted by Gasteiger charge is -2.10. The third-order valence-corrected chi connectivity index (χ3v) is 3.20. The van der Waals surface area contributed by atoms with E-state index < -0.39 is 5.97 Å². The van der Waals surface area contributed by atoms with E-state index in [1.807, 2.05) is 0 Å². The molecular formula is C14H12BrNO4. The van der Waals surface area contributed by atoms with Crippen LogP contribution in [0.25, 0.3) is 0 Å². The van der Waals surface area contributed by atoms with Crippen LogP contribution in [0, 0.1) is 6.92 Å². The van der Waals surface area contributed by atoms with E-state index in [0.717, 1.165) is 0 Å². The average Bonchev–Trinajstić information content (AvgIpc) is 2.40. The van der Waals surface area contributed by atoms with Crippen LogP contribution in [0.1, 0.15) is 16.1 Å². The molecule has 0 aliphatic carbocycles. The molecule has 0 saturated carbocycles. The summed E-state index contributed by atoms with van der Waals surface area (Å²) in [5.41, 5.74) is 0.688. The minimum atomic E-state index is -1.09. The summed E-state index contributed by atoms with van der Waals surface area (Å²) in [6.45, 7) is 1.77.